The summed E-state index contributed by atoms with van der Waals surface area (Å²) in [5.41, 5.74) is 1.13. The van der Waals surface area contributed by atoms with Crippen molar-refractivity contribution in [2.45, 2.75) is 52.5 Å². The fourth-order valence-corrected chi connectivity index (χ4v) is 2.54. The lowest BCUT2D eigenvalue weighted by atomic mass is 10.1. The van der Waals surface area contributed by atoms with E-state index in [0.29, 0.717) is 12.0 Å². The third-order valence-electron chi connectivity index (χ3n) is 3.98. The van der Waals surface area contributed by atoms with E-state index in [4.69, 9.17) is 14.7 Å². The minimum absolute atomic E-state index is 0.319. The second-order valence-corrected chi connectivity index (χ2v) is 6.09. The Bertz CT molecular complexity index is 470. The highest BCUT2D eigenvalue weighted by Gasteiger charge is 2.24. The Morgan fingerprint density at radius 2 is 2.14 bits per heavy atom. The lowest BCUT2D eigenvalue weighted by Crippen LogP contribution is -2.33. The number of ether oxygens (including phenoxy) is 1. The van der Waals surface area contributed by atoms with E-state index in [1.165, 1.54) is 0 Å². The first kappa shape index (κ1) is 16.0. The quantitative estimate of drug-likeness (QED) is 0.873. The predicted octanol–water partition coefficient (Wildman–Crippen LogP) is 2.96. The van der Waals surface area contributed by atoms with Crippen LogP contribution in [0.1, 0.15) is 50.9 Å². The molecule has 0 aromatic carbocycles. The van der Waals surface area contributed by atoms with Gasteiger partial charge >= 0.3 is 0 Å². The van der Waals surface area contributed by atoms with Crippen LogP contribution in [0.15, 0.2) is 0 Å². The molecule has 0 amide bonds. The third kappa shape index (κ3) is 3.64. The van der Waals surface area contributed by atoms with Crippen LogP contribution in [-0.2, 0) is 4.74 Å². The van der Waals surface area contributed by atoms with Crippen LogP contribution in [0.2, 0.25) is 0 Å². The Morgan fingerprint density at radius 1 is 1.38 bits per heavy atom. The lowest BCUT2D eigenvalue weighted by molar-refractivity contribution is 0.193. The number of aromatic nitrogens is 2. The summed E-state index contributed by atoms with van der Waals surface area (Å²) in [5, 5.41) is 3.43. The van der Waals surface area contributed by atoms with Crippen LogP contribution < -0.4 is 10.2 Å². The van der Waals surface area contributed by atoms with Crippen molar-refractivity contribution in [3.63, 3.8) is 0 Å². The van der Waals surface area contributed by atoms with Gasteiger partial charge < -0.3 is 15.0 Å². The highest BCUT2D eigenvalue weighted by Crippen LogP contribution is 2.28. The summed E-state index contributed by atoms with van der Waals surface area (Å²) in [6.45, 7) is 11.1. The van der Waals surface area contributed by atoms with Crippen molar-refractivity contribution in [3.8, 4) is 0 Å². The van der Waals surface area contributed by atoms with E-state index in [1.807, 2.05) is 0 Å². The molecule has 1 fully saturated rings. The number of likely N-dealkylation sites (N-methyl/N-ethyl adjacent to an activating group) is 1. The van der Waals surface area contributed by atoms with E-state index in [2.05, 4.69) is 45.0 Å². The molecule has 0 bridgehead atoms. The van der Waals surface area contributed by atoms with Gasteiger partial charge in [-0.15, -0.1) is 0 Å². The minimum Gasteiger partial charge on any atom is -0.379 e. The largest absolute Gasteiger partial charge is 0.379 e. The topological polar surface area (TPSA) is 50.3 Å². The summed E-state index contributed by atoms with van der Waals surface area (Å²) >= 11 is 0. The second kappa shape index (κ2) is 7.07. The normalized spacial score (nSPS) is 18.3. The summed E-state index contributed by atoms with van der Waals surface area (Å²) in [5.74, 6) is 3.22. The van der Waals surface area contributed by atoms with E-state index in [-0.39, 0.29) is 0 Å². The molecule has 1 saturated heterocycles. The molecule has 1 aliphatic heterocycles. The van der Waals surface area contributed by atoms with Gasteiger partial charge in [-0.25, -0.2) is 9.97 Å². The Labute approximate surface area is 128 Å². The fourth-order valence-electron chi connectivity index (χ4n) is 2.54. The molecule has 1 unspecified atom stereocenters. The summed E-state index contributed by atoms with van der Waals surface area (Å²) in [6.07, 6.45) is 2.15. The van der Waals surface area contributed by atoms with Crippen LogP contribution >= 0.6 is 0 Å². The third-order valence-corrected chi connectivity index (χ3v) is 3.98. The second-order valence-electron chi connectivity index (χ2n) is 6.09. The molecule has 0 saturated carbocycles. The predicted molar refractivity (Wildman–Crippen MR) is 87.3 cm³/mol. The highest BCUT2D eigenvalue weighted by molar-refractivity contribution is 5.59. The molecule has 1 atom stereocenters. The number of hydrogen-bond acceptors (Lipinski definition) is 5. The van der Waals surface area contributed by atoms with Gasteiger partial charge in [-0.3, -0.25) is 0 Å². The first-order chi connectivity index (χ1) is 10.0. The van der Waals surface area contributed by atoms with Crippen molar-refractivity contribution in [2.24, 2.45) is 0 Å². The minimum atomic E-state index is 0.319. The summed E-state index contributed by atoms with van der Waals surface area (Å²) in [4.78, 5) is 11.8. The smallest absolute Gasteiger partial charge is 0.137 e. The van der Waals surface area contributed by atoms with E-state index in [9.17, 15) is 0 Å². The molecule has 2 rings (SSSR count). The number of hydrogen-bond donors (Lipinski definition) is 1. The van der Waals surface area contributed by atoms with E-state index < -0.39 is 0 Å². The lowest BCUT2D eigenvalue weighted by Gasteiger charge is -2.27. The van der Waals surface area contributed by atoms with Gasteiger partial charge in [0, 0.05) is 31.7 Å². The Balaban J connectivity index is 2.34. The van der Waals surface area contributed by atoms with Crippen molar-refractivity contribution >= 4 is 11.6 Å². The van der Waals surface area contributed by atoms with Crippen LogP contribution in [0.25, 0.3) is 0 Å². The molecule has 1 aliphatic rings. The van der Waals surface area contributed by atoms with Crippen LogP contribution in [-0.4, -0.2) is 42.8 Å². The van der Waals surface area contributed by atoms with Crippen molar-refractivity contribution in [1.29, 1.82) is 0 Å². The molecule has 21 heavy (non-hydrogen) atoms. The molecule has 1 N–H and O–H groups in total. The maximum Gasteiger partial charge on any atom is 0.137 e. The van der Waals surface area contributed by atoms with Crippen LogP contribution in [0.3, 0.4) is 0 Å². The SMILES string of the molecule is CCCNc1nc(C(C)C)nc(N(C)C2CCOC2)c1C. The standard InChI is InChI=1S/C16H28N4O/c1-6-8-17-15-12(4)16(19-14(18-15)11(2)3)20(5)13-7-9-21-10-13/h11,13H,6-10H2,1-5H3,(H,17,18,19). The summed E-state index contributed by atoms with van der Waals surface area (Å²) < 4.78 is 5.51. The zero-order chi connectivity index (χ0) is 15.4. The molecular formula is C16H28N4O. The first-order valence-electron chi connectivity index (χ1n) is 7.97. The van der Waals surface area contributed by atoms with Gasteiger partial charge in [0.05, 0.1) is 12.6 Å². The molecular weight excluding hydrogens is 264 g/mol. The Kier molecular flexibility index (Phi) is 5.39. The average molecular weight is 292 g/mol. The zero-order valence-corrected chi connectivity index (χ0v) is 13.9. The maximum atomic E-state index is 5.51. The molecule has 1 aromatic heterocycles. The van der Waals surface area contributed by atoms with Gasteiger partial charge in [-0.1, -0.05) is 20.8 Å². The number of nitrogens with zero attached hydrogens (tertiary/aromatic N) is 3. The van der Waals surface area contributed by atoms with Crippen LogP contribution in [0.5, 0.6) is 0 Å². The van der Waals surface area contributed by atoms with Gasteiger partial charge in [0.2, 0.25) is 0 Å². The molecule has 5 heteroatoms. The van der Waals surface area contributed by atoms with Crippen molar-refractivity contribution in [3.05, 3.63) is 11.4 Å². The maximum absolute atomic E-state index is 5.51. The van der Waals surface area contributed by atoms with Gasteiger partial charge in [-0.05, 0) is 19.8 Å². The van der Waals surface area contributed by atoms with Crippen LogP contribution in [0, 0.1) is 6.92 Å². The molecule has 2 heterocycles. The first-order valence-corrected chi connectivity index (χ1v) is 7.97. The summed E-state index contributed by atoms with van der Waals surface area (Å²) in [7, 11) is 2.11. The van der Waals surface area contributed by atoms with E-state index in [1.54, 1.807) is 0 Å². The molecule has 118 valence electrons. The number of nitrogens with one attached hydrogen (secondary N) is 1. The van der Waals surface area contributed by atoms with Crippen LogP contribution in [0.4, 0.5) is 11.6 Å². The van der Waals surface area contributed by atoms with E-state index in [0.717, 1.165) is 55.6 Å². The Morgan fingerprint density at radius 3 is 2.71 bits per heavy atom. The molecule has 1 aromatic rings. The zero-order valence-electron chi connectivity index (χ0n) is 13.9. The summed E-state index contributed by atoms with van der Waals surface area (Å²) in [6, 6.07) is 0.414. The van der Waals surface area contributed by atoms with Crippen molar-refractivity contribution in [2.75, 3.05) is 37.0 Å². The van der Waals surface area contributed by atoms with Gasteiger partial charge in [0.25, 0.3) is 0 Å². The number of anilines is 2. The molecule has 0 aliphatic carbocycles. The van der Waals surface area contributed by atoms with Gasteiger partial charge in [0.1, 0.15) is 17.5 Å². The van der Waals surface area contributed by atoms with Gasteiger partial charge in [0.15, 0.2) is 0 Å². The fraction of sp³-hybridized carbons (Fsp3) is 0.750. The number of rotatable bonds is 6. The average Bonchev–Trinajstić information content (AvgIpc) is 2.99. The van der Waals surface area contributed by atoms with Crippen molar-refractivity contribution < 1.29 is 4.74 Å². The molecule has 5 nitrogen and oxygen atoms in total. The molecule has 0 radical (unpaired) electrons. The van der Waals surface area contributed by atoms with E-state index >= 15 is 0 Å². The van der Waals surface area contributed by atoms with Gasteiger partial charge in [-0.2, -0.15) is 0 Å². The molecule has 0 spiro atoms. The Hall–Kier alpha value is -1.36. The van der Waals surface area contributed by atoms with Crippen molar-refractivity contribution in [1.82, 2.24) is 9.97 Å². The monoisotopic (exact) mass is 292 g/mol. The highest BCUT2D eigenvalue weighted by atomic mass is 16.5.